The Balaban J connectivity index is 1.74. The van der Waals surface area contributed by atoms with Crippen molar-refractivity contribution in [2.24, 2.45) is 0 Å². The topological polar surface area (TPSA) is 20.3 Å². The molecule has 0 bridgehead atoms. The van der Waals surface area contributed by atoms with E-state index in [0.717, 1.165) is 30.5 Å². The summed E-state index contributed by atoms with van der Waals surface area (Å²) in [5.41, 5.74) is 4.02. The molecule has 1 aliphatic carbocycles. The second kappa shape index (κ2) is 6.49. The maximum Gasteiger partial charge on any atom is 0.231 e. The third kappa shape index (κ3) is 3.41. The maximum absolute atomic E-state index is 13.3. The summed E-state index contributed by atoms with van der Waals surface area (Å²) in [5, 5.41) is 0. The van der Waals surface area contributed by atoms with Crippen molar-refractivity contribution in [3.8, 4) is 0 Å². The zero-order chi connectivity index (χ0) is 16.4. The van der Waals surface area contributed by atoms with Crippen molar-refractivity contribution in [2.75, 3.05) is 11.9 Å². The number of carbonyl (C=O) groups excluding carboxylic acids is 1. The standard InChI is InChI=1S/C19H19F2NO/c1-22(16-8-9-17(20)18(21)12-16)19(23)11-13-6-7-14-4-2-3-5-15(14)10-13/h6-10,12H,2-5,11H2,1H3. The normalized spacial score (nSPS) is 13.5. The van der Waals surface area contributed by atoms with Gasteiger partial charge in [-0.15, -0.1) is 0 Å². The Kier molecular flexibility index (Phi) is 4.42. The van der Waals surface area contributed by atoms with Gasteiger partial charge in [-0.25, -0.2) is 8.78 Å². The molecule has 0 fully saturated rings. The smallest absolute Gasteiger partial charge is 0.231 e. The Morgan fingerprint density at radius 1 is 1.00 bits per heavy atom. The highest BCUT2D eigenvalue weighted by Crippen LogP contribution is 2.23. The van der Waals surface area contributed by atoms with Gasteiger partial charge < -0.3 is 4.90 Å². The lowest BCUT2D eigenvalue weighted by Crippen LogP contribution is -2.28. The lowest BCUT2D eigenvalue weighted by Gasteiger charge is -2.19. The Hall–Kier alpha value is -2.23. The molecule has 0 spiro atoms. The van der Waals surface area contributed by atoms with Gasteiger partial charge in [-0.1, -0.05) is 18.2 Å². The van der Waals surface area contributed by atoms with Crippen LogP contribution in [0.15, 0.2) is 36.4 Å². The fourth-order valence-electron chi connectivity index (χ4n) is 3.03. The second-order valence-corrected chi connectivity index (χ2v) is 6.04. The van der Waals surface area contributed by atoms with Crippen molar-refractivity contribution in [1.82, 2.24) is 0 Å². The molecule has 0 atom stereocenters. The molecule has 23 heavy (non-hydrogen) atoms. The van der Waals surface area contributed by atoms with Crippen LogP contribution in [0.25, 0.3) is 0 Å². The van der Waals surface area contributed by atoms with Gasteiger partial charge in [0.25, 0.3) is 0 Å². The monoisotopic (exact) mass is 315 g/mol. The Morgan fingerprint density at radius 2 is 1.74 bits per heavy atom. The van der Waals surface area contributed by atoms with Crippen LogP contribution in [0.3, 0.4) is 0 Å². The molecule has 0 N–H and O–H groups in total. The zero-order valence-electron chi connectivity index (χ0n) is 13.1. The molecule has 0 unspecified atom stereocenters. The number of likely N-dealkylation sites (N-methyl/N-ethyl adjacent to an activating group) is 1. The van der Waals surface area contributed by atoms with Crippen molar-refractivity contribution in [2.45, 2.75) is 32.1 Å². The Bertz CT molecular complexity index is 742. The molecular weight excluding hydrogens is 296 g/mol. The first-order valence-electron chi connectivity index (χ1n) is 7.87. The molecule has 1 aliphatic rings. The number of carbonyl (C=O) groups is 1. The number of amides is 1. The van der Waals surface area contributed by atoms with E-state index < -0.39 is 11.6 Å². The number of benzene rings is 2. The maximum atomic E-state index is 13.3. The average molecular weight is 315 g/mol. The quantitative estimate of drug-likeness (QED) is 0.837. The molecule has 120 valence electrons. The van der Waals surface area contributed by atoms with E-state index >= 15 is 0 Å². The number of hydrogen-bond donors (Lipinski definition) is 0. The van der Waals surface area contributed by atoms with Crippen LogP contribution in [0.2, 0.25) is 0 Å². The number of hydrogen-bond acceptors (Lipinski definition) is 1. The van der Waals surface area contributed by atoms with Gasteiger partial charge in [-0.05, 0) is 54.5 Å². The first kappa shape index (κ1) is 15.7. The SMILES string of the molecule is CN(C(=O)Cc1ccc2c(c1)CCCC2)c1ccc(F)c(F)c1. The van der Waals surface area contributed by atoms with E-state index in [2.05, 4.69) is 12.1 Å². The molecule has 0 radical (unpaired) electrons. The van der Waals surface area contributed by atoms with Gasteiger partial charge in [-0.3, -0.25) is 4.79 Å². The summed E-state index contributed by atoms with van der Waals surface area (Å²) >= 11 is 0. The molecule has 0 saturated carbocycles. The van der Waals surface area contributed by atoms with Crippen LogP contribution in [-0.4, -0.2) is 13.0 Å². The molecule has 3 rings (SSSR count). The number of nitrogens with zero attached hydrogens (tertiary/aromatic N) is 1. The summed E-state index contributed by atoms with van der Waals surface area (Å²) < 4.78 is 26.3. The van der Waals surface area contributed by atoms with E-state index in [1.807, 2.05) is 6.07 Å². The van der Waals surface area contributed by atoms with Crippen molar-refractivity contribution < 1.29 is 13.6 Å². The van der Waals surface area contributed by atoms with Crippen molar-refractivity contribution >= 4 is 11.6 Å². The second-order valence-electron chi connectivity index (χ2n) is 6.04. The minimum absolute atomic E-state index is 0.147. The number of fused-ring (bicyclic) bond motifs is 1. The molecule has 2 aromatic carbocycles. The van der Waals surface area contributed by atoms with Gasteiger partial charge in [-0.2, -0.15) is 0 Å². The third-order valence-electron chi connectivity index (χ3n) is 4.43. The molecule has 0 aliphatic heterocycles. The van der Waals surface area contributed by atoms with E-state index in [1.54, 1.807) is 7.05 Å². The number of aryl methyl sites for hydroxylation is 2. The van der Waals surface area contributed by atoms with Gasteiger partial charge in [0.1, 0.15) is 0 Å². The molecule has 0 saturated heterocycles. The van der Waals surface area contributed by atoms with Crippen LogP contribution in [0.4, 0.5) is 14.5 Å². The lowest BCUT2D eigenvalue weighted by atomic mass is 9.90. The minimum atomic E-state index is -0.948. The lowest BCUT2D eigenvalue weighted by molar-refractivity contribution is -0.117. The Labute approximate surface area is 134 Å². The van der Waals surface area contributed by atoms with Crippen LogP contribution in [0.1, 0.15) is 29.5 Å². The van der Waals surface area contributed by atoms with Crippen LogP contribution in [0, 0.1) is 11.6 Å². The first-order chi connectivity index (χ1) is 11.0. The van der Waals surface area contributed by atoms with E-state index in [0.29, 0.717) is 5.69 Å². The Morgan fingerprint density at radius 3 is 2.48 bits per heavy atom. The summed E-state index contributed by atoms with van der Waals surface area (Å²) in [6, 6.07) is 9.68. The van der Waals surface area contributed by atoms with Crippen LogP contribution in [-0.2, 0) is 24.1 Å². The van der Waals surface area contributed by atoms with Crippen molar-refractivity contribution in [1.29, 1.82) is 0 Å². The van der Waals surface area contributed by atoms with Gasteiger partial charge in [0.15, 0.2) is 11.6 Å². The van der Waals surface area contributed by atoms with Gasteiger partial charge >= 0.3 is 0 Å². The van der Waals surface area contributed by atoms with Gasteiger partial charge in [0.05, 0.1) is 6.42 Å². The van der Waals surface area contributed by atoms with E-state index in [4.69, 9.17) is 0 Å². The highest BCUT2D eigenvalue weighted by atomic mass is 19.2. The number of rotatable bonds is 3. The molecule has 2 aromatic rings. The molecule has 2 nitrogen and oxygen atoms in total. The van der Waals surface area contributed by atoms with Crippen molar-refractivity contribution in [3.05, 3.63) is 64.7 Å². The third-order valence-corrected chi connectivity index (χ3v) is 4.43. The van der Waals surface area contributed by atoms with Crippen molar-refractivity contribution in [3.63, 3.8) is 0 Å². The number of halogens is 2. The zero-order valence-corrected chi connectivity index (χ0v) is 13.1. The van der Waals surface area contributed by atoms with Crippen LogP contribution < -0.4 is 4.90 Å². The van der Waals surface area contributed by atoms with E-state index in [1.165, 1.54) is 34.9 Å². The minimum Gasteiger partial charge on any atom is -0.315 e. The van der Waals surface area contributed by atoms with E-state index in [9.17, 15) is 13.6 Å². The molecule has 4 heteroatoms. The molecule has 0 aromatic heterocycles. The van der Waals surface area contributed by atoms with Crippen LogP contribution >= 0.6 is 0 Å². The fourth-order valence-corrected chi connectivity index (χ4v) is 3.03. The highest BCUT2D eigenvalue weighted by molar-refractivity contribution is 5.94. The fraction of sp³-hybridized carbons (Fsp3) is 0.316. The van der Waals surface area contributed by atoms with Gasteiger partial charge in [0, 0.05) is 18.8 Å². The largest absolute Gasteiger partial charge is 0.315 e. The summed E-state index contributed by atoms with van der Waals surface area (Å²) in [7, 11) is 1.58. The number of anilines is 1. The predicted octanol–water partition coefficient (Wildman–Crippen LogP) is 4.05. The van der Waals surface area contributed by atoms with E-state index in [-0.39, 0.29) is 12.3 Å². The highest BCUT2D eigenvalue weighted by Gasteiger charge is 2.15. The molecule has 1 amide bonds. The summed E-state index contributed by atoms with van der Waals surface area (Å²) in [4.78, 5) is 13.7. The summed E-state index contributed by atoms with van der Waals surface area (Å²) in [6.45, 7) is 0. The molecule has 0 heterocycles. The predicted molar refractivity (Wildman–Crippen MR) is 86.6 cm³/mol. The van der Waals surface area contributed by atoms with Gasteiger partial charge in [0.2, 0.25) is 5.91 Å². The first-order valence-corrected chi connectivity index (χ1v) is 7.87. The van der Waals surface area contributed by atoms with Crippen LogP contribution in [0.5, 0.6) is 0 Å². The average Bonchev–Trinajstić information content (AvgIpc) is 2.56. The summed E-state index contributed by atoms with van der Waals surface area (Å²) in [5.74, 6) is -2.01. The molecular formula is C19H19F2NO. The summed E-state index contributed by atoms with van der Waals surface area (Å²) in [6.07, 6.45) is 4.85.